The van der Waals surface area contributed by atoms with E-state index in [9.17, 15) is 14.4 Å². The van der Waals surface area contributed by atoms with Crippen molar-refractivity contribution in [3.63, 3.8) is 0 Å². The van der Waals surface area contributed by atoms with Crippen LogP contribution in [0, 0.1) is 0 Å². The summed E-state index contributed by atoms with van der Waals surface area (Å²) in [6.07, 6.45) is 60.4. The molecule has 0 aliphatic carbocycles. The Morgan fingerprint density at radius 2 is 0.667 bits per heavy atom. The molecular weight excluding hydrogens is 745 g/mol. The Balaban J connectivity index is 4.48. The lowest BCUT2D eigenvalue weighted by Gasteiger charge is -2.18. The zero-order valence-corrected chi connectivity index (χ0v) is 39.2. The van der Waals surface area contributed by atoms with E-state index in [0.717, 1.165) is 77.0 Å². The summed E-state index contributed by atoms with van der Waals surface area (Å²) in [6.45, 7) is 6.51. The minimum atomic E-state index is -0.808. The van der Waals surface area contributed by atoms with Crippen LogP contribution in [0.25, 0.3) is 0 Å². The predicted molar refractivity (Wildman–Crippen MR) is 256 cm³/mol. The fourth-order valence-electron chi connectivity index (χ4n) is 6.66. The van der Waals surface area contributed by atoms with E-state index in [2.05, 4.69) is 93.7 Å². The number of unbranched alkanes of at least 4 members (excludes halogenated alkanes) is 22. The van der Waals surface area contributed by atoms with Gasteiger partial charge in [0.25, 0.3) is 0 Å². The number of carbonyl (C=O) groups excluding carboxylic acids is 3. The highest BCUT2D eigenvalue weighted by Gasteiger charge is 2.19. The first-order valence-corrected chi connectivity index (χ1v) is 25.0. The standard InChI is InChI=1S/C54H92O6/c1-4-7-10-13-16-19-21-23-25-27-29-30-32-35-38-41-44-47-53(56)59-50-51(49-58-52(55)46-43-40-37-34-18-15-12-9-6-3)60-54(57)48-45-42-39-36-33-31-28-26-24-22-20-17-14-11-8-5-2/h16,19,23,25-26,28-31,33,35,38,51H,4-15,17-18,20-22,24,27,32,34,36-37,39-50H2,1-3H3/b19-16-,25-23-,28-26-,30-29-,33-31-,38-35-. The minimum absolute atomic E-state index is 0.102. The smallest absolute Gasteiger partial charge is 0.306 e. The number of carbonyl (C=O) groups is 3. The number of rotatable bonds is 44. The van der Waals surface area contributed by atoms with Crippen molar-refractivity contribution in [2.24, 2.45) is 0 Å². The molecule has 0 aromatic heterocycles. The van der Waals surface area contributed by atoms with Crippen molar-refractivity contribution >= 4 is 17.9 Å². The quantitative estimate of drug-likeness (QED) is 0.0200. The molecule has 0 heterocycles. The van der Waals surface area contributed by atoms with Crippen LogP contribution >= 0.6 is 0 Å². The number of allylic oxidation sites excluding steroid dienone is 12. The number of esters is 3. The van der Waals surface area contributed by atoms with Crippen LogP contribution in [0.15, 0.2) is 72.9 Å². The van der Waals surface area contributed by atoms with Crippen molar-refractivity contribution < 1.29 is 28.6 Å². The van der Waals surface area contributed by atoms with Crippen molar-refractivity contribution in [1.82, 2.24) is 0 Å². The summed E-state index contributed by atoms with van der Waals surface area (Å²) in [5, 5.41) is 0. The third kappa shape index (κ3) is 45.9. The molecule has 0 aliphatic rings. The lowest BCUT2D eigenvalue weighted by molar-refractivity contribution is -0.167. The topological polar surface area (TPSA) is 78.9 Å². The molecule has 0 fully saturated rings. The van der Waals surface area contributed by atoms with E-state index in [-0.39, 0.29) is 44.0 Å². The fourth-order valence-corrected chi connectivity index (χ4v) is 6.66. The summed E-state index contributed by atoms with van der Waals surface area (Å²) in [4.78, 5) is 37.8. The normalized spacial score (nSPS) is 12.7. The van der Waals surface area contributed by atoms with Gasteiger partial charge >= 0.3 is 17.9 Å². The molecule has 1 atom stereocenters. The molecule has 0 rings (SSSR count). The van der Waals surface area contributed by atoms with Gasteiger partial charge in [-0.25, -0.2) is 0 Å². The van der Waals surface area contributed by atoms with Gasteiger partial charge in [-0.1, -0.05) is 203 Å². The van der Waals surface area contributed by atoms with Gasteiger partial charge in [0.05, 0.1) is 0 Å². The van der Waals surface area contributed by atoms with Crippen molar-refractivity contribution in [2.75, 3.05) is 13.2 Å². The number of hydrogen-bond acceptors (Lipinski definition) is 6. The average molecular weight is 837 g/mol. The molecular formula is C54H92O6. The molecule has 1 unspecified atom stereocenters. The molecule has 0 spiro atoms. The summed E-state index contributed by atoms with van der Waals surface area (Å²) < 4.78 is 16.7. The monoisotopic (exact) mass is 837 g/mol. The van der Waals surface area contributed by atoms with E-state index in [1.165, 1.54) is 109 Å². The van der Waals surface area contributed by atoms with Crippen LogP contribution in [-0.4, -0.2) is 37.2 Å². The van der Waals surface area contributed by atoms with Crippen molar-refractivity contribution in [2.45, 2.75) is 239 Å². The van der Waals surface area contributed by atoms with E-state index in [1.807, 2.05) is 0 Å². The lowest BCUT2D eigenvalue weighted by atomic mass is 10.1. The Hall–Kier alpha value is -3.15. The van der Waals surface area contributed by atoms with Crippen LogP contribution in [-0.2, 0) is 28.6 Å². The zero-order valence-electron chi connectivity index (χ0n) is 39.2. The van der Waals surface area contributed by atoms with E-state index in [4.69, 9.17) is 14.2 Å². The Kier molecular flexibility index (Phi) is 46.0. The SMILES string of the molecule is CCCCC/C=C\C/C=C\C/C=C\C/C=C\CCCC(=O)OCC(COC(=O)CCCCCCCCCCC)OC(=O)CCCCC/C=C\C=C/CCCCCCCCC. The molecule has 6 nitrogen and oxygen atoms in total. The second-order valence-corrected chi connectivity index (χ2v) is 16.4. The molecule has 0 saturated heterocycles. The molecule has 0 amide bonds. The van der Waals surface area contributed by atoms with E-state index in [1.54, 1.807) is 0 Å². The highest BCUT2D eigenvalue weighted by molar-refractivity contribution is 5.71. The fraction of sp³-hybridized carbons (Fsp3) is 0.722. The lowest BCUT2D eigenvalue weighted by Crippen LogP contribution is -2.30. The van der Waals surface area contributed by atoms with Crippen LogP contribution in [0.4, 0.5) is 0 Å². The third-order valence-corrected chi connectivity index (χ3v) is 10.5. The van der Waals surface area contributed by atoms with E-state index >= 15 is 0 Å². The zero-order chi connectivity index (χ0) is 43.7. The summed E-state index contributed by atoms with van der Waals surface area (Å²) in [5.41, 5.74) is 0. The average Bonchev–Trinajstić information content (AvgIpc) is 3.24. The van der Waals surface area contributed by atoms with Crippen molar-refractivity contribution in [1.29, 1.82) is 0 Å². The Morgan fingerprint density at radius 3 is 1.15 bits per heavy atom. The minimum Gasteiger partial charge on any atom is -0.462 e. The number of ether oxygens (including phenoxy) is 3. The van der Waals surface area contributed by atoms with Gasteiger partial charge in [0.15, 0.2) is 6.10 Å². The molecule has 0 aromatic rings. The van der Waals surface area contributed by atoms with Gasteiger partial charge in [0.1, 0.15) is 13.2 Å². The second kappa shape index (κ2) is 48.5. The van der Waals surface area contributed by atoms with Gasteiger partial charge in [-0.2, -0.15) is 0 Å². The van der Waals surface area contributed by atoms with Gasteiger partial charge in [0, 0.05) is 19.3 Å². The van der Waals surface area contributed by atoms with Crippen LogP contribution < -0.4 is 0 Å². The van der Waals surface area contributed by atoms with E-state index in [0.29, 0.717) is 12.8 Å². The van der Waals surface area contributed by atoms with Gasteiger partial charge in [-0.15, -0.1) is 0 Å². The predicted octanol–water partition coefficient (Wildman–Crippen LogP) is 16.3. The first-order chi connectivity index (χ1) is 29.5. The maximum Gasteiger partial charge on any atom is 0.306 e. The van der Waals surface area contributed by atoms with E-state index < -0.39 is 6.10 Å². The van der Waals surface area contributed by atoms with Crippen LogP contribution in [0.2, 0.25) is 0 Å². The van der Waals surface area contributed by atoms with Gasteiger partial charge in [0.2, 0.25) is 0 Å². The molecule has 0 saturated carbocycles. The van der Waals surface area contributed by atoms with Gasteiger partial charge < -0.3 is 14.2 Å². The van der Waals surface area contributed by atoms with Crippen LogP contribution in [0.1, 0.15) is 233 Å². The van der Waals surface area contributed by atoms with Gasteiger partial charge in [-0.05, 0) is 83.5 Å². The Bertz CT molecular complexity index is 1140. The summed E-state index contributed by atoms with van der Waals surface area (Å²) in [6, 6.07) is 0. The molecule has 0 bridgehead atoms. The largest absolute Gasteiger partial charge is 0.462 e. The molecule has 6 heteroatoms. The molecule has 60 heavy (non-hydrogen) atoms. The van der Waals surface area contributed by atoms with Crippen molar-refractivity contribution in [3.8, 4) is 0 Å². The molecule has 0 aromatic carbocycles. The maximum atomic E-state index is 12.7. The molecule has 0 radical (unpaired) electrons. The van der Waals surface area contributed by atoms with Gasteiger partial charge in [-0.3, -0.25) is 14.4 Å². The first-order valence-electron chi connectivity index (χ1n) is 25.0. The maximum absolute atomic E-state index is 12.7. The van der Waals surface area contributed by atoms with Crippen LogP contribution in [0.5, 0.6) is 0 Å². The summed E-state index contributed by atoms with van der Waals surface area (Å²) in [5.74, 6) is -0.992. The molecule has 0 N–H and O–H groups in total. The summed E-state index contributed by atoms with van der Waals surface area (Å²) in [7, 11) is 0. The highest BCUT2D eigenvalue weighted by Crippen LogP contribution is 2.13. The van der Waals surface area contributed by atoms with Crippen molar-refractivity contribution in [3.05, 3.63) is 72.9 Å². The third-order valence-electron chi connectivity index (χ3n) is 10.5. The Labute approximate surface area is 370 Å². The van der Waals surface area contributed by atoms with Crippen LogP contribution in [0.3, 0.4) is 0 Å². The molecule has 0 aliphatic heterocycles. The first kappa shape index (κ1) is 56.9. The second-order valence-electron chi connectivity index (χ2n) is 16.4. The summed E-state index contributed by atoms with van der Waals surface area (Å²) >= 11 is 0. The number of hydrogen-bond donors (Lipinski definition) is 0. The Morgan fingerprint density at radius 1 is 0.350 bits per heavy atom. The highest BCUT2D eigenvalue weighted by atomic mass is 16.6. The molecule has 344 valence electrons.